The summed E-state index contributed by atoms with van der Waals surface area (Å²) in [4.78, 5) is 24.0. The predicted molar refractivity (Wildman–Crippen MR) is 77.2 cm³/mol. The number of carbonyl (C=O) groups excluding carboxylic acids is 2. The number of Topliss-reactive ketones (excluding diaryl/α,β-unsaturated/α-hetero) is 1. The summed E-state index contributed by atoms with van der Waals surface area (Å²) in [5.74, 6) is -0.754. The van der Waals surface area contributed by atoms with E-state index in [1.54, 1.807) is 36.4 Å². The number of ketones is 1. The lowest BCUT2D eigenvalue weighted by molar-refractivity contribution is -0.134. The minimum absolute atomic E-state index is 0.206. The van der Waals surface area contributed by atoms with Gasteiger partial charge in [-0.3, -0.25) is 4.79 Å². The molecule has 2 aromatic rings. The van der Waals surface area contributed by atoms with Crippen molar-refractivity contribution in [1.29, 1.82) is 0 Å². The van der Waals surface area contributed by atoms with Crippen LogP contribution >= 0.6 is 0 Å². The van der Waals surface area contributed by atoms with E-state index in [9.17, 15) is 9.59 Å². The van der Waals surface area contributed by atoms with Gasteiger partial charge in [0.25, 0.3) is 0 Å². The lowest BCUT2D eigenvalue weighted by atomic mass is 9.96. The van der Waals surface area contributed by atoms with Gasteiger partial charge in [-0.25, -0.2) is 4.79 Å². The van der Waals surface area contributed by atoms with Crippen LogP contribution in [0.4, 0.5) is 0 Å². The van der Waals surface area contributed by atoms with Crippen molar-refractivity contribution >= 4 is 17.3 Å². The molecule has 3 heteroatoms. The largest absolute Gasteiger partial charge is 0.466 e. The van der Waals surface area contributed by atoms with Gasteiger partial charge in [-0.15, -0.1) is 0 Å². The predicted octanol–water partition coefficient (Wildman–Crippen LogP) is 3.13. The lowest BCUT2D eigenvalue weighted by Crippen LogP contribution is -2.06. The number of rotatable bonds is 4. The standard InChI is InChI=1S/C17H14O3/c1-20-16(18)12-15(13-8-4-2-5-9-13)17(19)14-10-6-3-7-11-14/h2-12H,1H3/b15-12+. The Balaban J connectivity index is 2.45. The van der Waals surface area contributed by atoms with Gasteiger partial charge in [-0.2, -0.15) is 0 Å². The van der Waals surface area contributed by atoms with Crippen LogP contribution < -0.4 is 0 Å². The fourth-order valence-electron chi connectivity index (χ4n) is 1.82. The van der Waals surface area contributed by atoms with Crippen molar-refractivity contribution in [3.05, 3.63) is 77.9 Å². The molecule has 0 atom stereocenters. The van der Waals surface area contributed by atoms with Crippen molar-refractivity contribution in [2.45, 2.75) is 0 Å². The molecule has 0 unspecified atom stereocenters. The Morgan fingerprint density at radius 1 is 0.850 bits per heavy atom. The highest BCUT2D eigenvalue weighted by molar-refractivity contribution is 6.31. The van der Waals surface area contributed by atoms with Crippen molar-refractivity contribution < 1.29 is 14.3 Å². The van der Waals surface area contributed by atoms with Gasteiger partial charge < -0.3 is 4.74 Å². The summed E-state index contributed by atoms with van der Waals surface area (Å²) in [6.07, 6.45) is 1.23. The maximum atomic E-state index is 12.5. The first kappa shape index (κ1) is 13.7. The summed E-state index contributed by atoms with van der Waals surface area (Å²) in [5.41, 5.74) is 1.54. The zero-order valence-electron chi connectivity index (χ0n) is 11.1. The highest BCUT2D eigenvalue weighted by Gasteiger charge is 2.15. The number of ether oxygens (including phenoxy) is 1. The van der Waals surface area contributed by atoms with Crippen LogP contribution in [0.3, 0.4) is 0 Å². The van der Waals surface area contributed by atoms with E-state index in [-0.39, 0.29) is 5.78 Å². The van der Waals surface area contributed by atoms with Crippen LogP contribution in [-0.2, 0) is 9.53 Å². The summed E-state index contributed by atoms with van der Waals surface area (Å²) in [6.45, 7) is 0. The number of carbonyl (C=O) groups is 2. The van der Waals surface area contributed by atoms with Crippen molar-refractivity contribution in [3.63, 3.8) is 0 Å². The van der Waals surface area contributed by atoms with Crippen LogP contribution in [0.25, 0.3) is 5.57 Å². The maximum absolute atomic E-state index is 12.5. The smallest absolute Gasteiger partial charge is 0.331 e. The van der Waals surface area contributed by atoms with E-state index in [2.05, 4.69) is 4.74 Å². The fraction of sp³-hybridized carbons (Fsp3) is 0.0588. The highest BCUT2D eigenvalue weighted by Crippen LogP contribution is 2.19. The van der Waals surface area contributed by atoms with E-state index in [1.165, 1.54) is 13.2 Å². The molecule has 0 aromatic heterocycles. The van der Waals surface area contributed by atoms with Crippen molar-refractivity contribution in [3.8, 4) is 0 Å². The Hall–Kier alpha value is -2.68. The molecule has 0 aliphatic heterocycles. The lowest BCUT2D eigenvalue weighted by Gasteiger charge is -2.07. The molecule has 0 saturated carbocycles. The maximum Gasteiger partial charge on any atom is 0.331 e. The Kier molecular flexibility index (Phi) is 4.45. The van der Waals surface area contributed by atoms with Gasteiger partial charge in [0.1, 0.15) is 0 Å². The monoisotopic (exact) mass is 266 g/mol. The van der Waals surface area contributed by atoms with Crippen molar-refractivity contribution in [1.82, 2.24) is 0 Å². The van der Waals surface area contributed by atoms with Gasteiger partial charge in [-0.05, 0) is 5.56 Å². The van der Waals surface area contributed by atoms with Gasteiger partial charge >= 0.3 is 5.97 Å². The average Bonchev–Trinajstić information content (AvgIpc) is 2.53. The van der Waals surface area contributed by atoms with Gasteiger partial charge in [-0.1, -0.05) is 60.7 Å². The zero-order chi connectivity index (χ0) is 14.4. The third-order valence-corrected chi connectivity index (χ3v) is 2.83. The van der Waals surface area contributed by atoms with E-state index in [0.717, 1.165) is 0 Å². The number of allylic oxidation sites excluding steroid dienone is 1. The normalized spacial score (nSPS) is 10.9. The van der Waals surface area contributed by atoms with Crippen molar-refractivity contribution in [2.75, 3.05) is 7.11 Å². The van der Waals surface area contributed by atoms with E-state index < -0.39 is 5.97 Å². The van der Waals surface area contributed by atoms with Crippen LogP contribution in [0.2, 0.25) is 0 Å². The molecule has 0 amide bonds. The molecule has 0 spiro atoms. The molecule has 2 rings (SSSR count). The molecular weight excluding hydrogens is 252 g/mol. The Labute approximate surface area is 117 Å². The summed E-state index contributed by atoms with van der Waals surface area (Å²) in [7, 11) is 1.29. The molecule has 3 nitrogen and oxygen atoms in total. The third-order valence-electron chi connectivity index (χ3n) is 2.83. The van der Waals surface area contributed by atoms with Gasteiger partial charge in [0.2, 0.25) is 0 Å². The number of hydrogen-bond acceptors (Lipinski definition) is 3. The summed E-state index contributed by atoms with van der Waals surface area (Å²) >= 11 is 0. The fourth-order valence-corrected chi connectivity index (χ4v) is 1.82. The number of hydrogen-bond donors (Lipinski definition) is 0. The van der Waals surface area contributed by atoms with E-state index in [4.69, 9.17) is 0 Å². The van der Waals surface area contributed by atoms with Crippen LogP contribution in [0.15, 0.2) is 66.7 Å². The summed E-state index contributed by atoms with van der Waals surface area (Å²) in [5, 5.41) is 0. The molecule has 0 bridgehead atoms. The molecule has 0 radical (unpaired) electrons. The first-order valence-electron chi connectivity index (χ1n) is 6.17. The van der Waals surface area contributed by atoms with Crippen LogP contribution in [0.1, 0.15) is 15.9 Å². The number of benzene rings is 2. The first-order valence-corrected chi connectivity index (χ1v) is 6.17. The number of methoxy groups -OCH3 is 1. The molecular formula is C17H14O3. The van der Waals surface area contributed by atoms with E-state index in [1.807, 2.05) is 24.3 Å². The molecule has 2 aromatic carbocycles. The zero-order valence-corrected chi connectivity index (χ0v) is 11.1. The second-order valence-corrected chi connectivity index (χ2v) is 4.14. The number of esters is 1. The molecule has 0 fully saturated rings. The third kappa shape index (κ3) is 3.20. The molecule has 0 heterocycles. The van der Waals surface area contributed by atoms with Crippen LogP contribution in [0.5, 0.6) is 0 Å². The summed E-state index contributed by atoms with van der Waals surface area (Å²) in [6, 6.07) is 17.9. The first-order chi connectivity index (χ1) is 9.72. The van der Waals surface area contributed by atoms with Gasteiger partial charge in [0, 0.05) is 17.2 Å². The molecule has 0 aliphatic carbocycles. The van der Waals surface area contributed by atoms with E-state index in [0.29, 0.717) is 16.7 Å². The Morgan fingerprint density at radius 2 is 1.35 bits per heavy atom. The Morgan fingerprint density at radius 3 is 1.85 bits per heavy atom. The second kappa shape index (κ2) is 6.48. The van der Waals surface area contributed by atoms with Crippen molar-refractivity contribution in [2.24, 2.45) is 0 Å². The second-order valence-electron chi connectivity index (χ2n) is 4.14. The molecule has 20 heavy (non-hydrogen) atoms. The Bertz CT molecular complexity index is 628. The van der Waals surface area contributed by atoms with Crippen LogP contribution in [0, 0.1) is 0 Å². The highest BCUT2D eigenvalue weighted by atomic mass is 16.5. The van der Waals surface area contributed by atoms with E-state index >= 15 is 0 Å². The molecule has 100 valence electrons. The van der Waals surface area contributed by atoms with Crippen LogP contribution in [-0.4, -0.2) is 18.9 Å². The topological polar surface area (TPSA) is 43.4 Å². The van der Waals surface area contributed by atoms with Gasteiger partial charge in [0.05, 0.1) is 7.11 Å². The molecule has 0 aliphatic rings. The molecule has 0 N–H and O–H groups in total. The van der Waals surface area contributed by atoms with Gasteiger partial charge in [0.15, 0.2) is 5.78 Å². The quantitative estimate of drug-likeness (QED) is 0.485. The SMILES string of the molecule is COC(=O)/C=C(/C(=O)c1ccccc1)c1ccccc1. The average molecular weight is 266 g/mol. The minimum Gasteiger partial charge on any atom is -0.466 e. The minimum atomic E-state index is -0.548. The molecule has 0 saturated heterocycles. The summed E-state index contributed by atoms with van der Waals surface area (Å²) < 4.78 is 4.62.